The summed E-state index contributed by atoms with van der Waals surface area (Å²) in [6.45, 7) is 6.30. The molecule has 1 aliphatic carbocycles. The van der Waals surface area contributed by atoms with Crippen LogP contribution < -0.4 is 16.2 Å². The second-order valence-corrected chi connectivity index (χ2v) is 6.86. The zero-order valence-corrected chi connectivity index (χ0v) is 13.3. The minimum atomic E-state index is -0.313. The van der Waals surface area contributed by atoms with Crippen molar-refractivity contribution < 1.29 is 4.79 Å². The smallest absolute Gasteiger partial charge is 0.291 e. The summed E-state index contributed by atoms with van der Waals surface area (Å²) in [5, 5.41) is 9.91. The predicted octanol–water partition coefficient (Wildman–Crippen LogP) is 1.63. The van der Waals surface area contributed by atoms with E-state index >= 15 is 0 Å². The maximum atomic E-state index is 12.3. The lowest BCUT2D eigenvalue weighted by molar-refractivity contribution is -0.120. The standard InChI is InChI=1S/C14H21ClN4O2/c1-14(2,3)18-11(20)7-16-12-10(15)6-17-19(13(12)21)8-9-4-5-9/h6,9,16H,4-5,7-8H2,1-3H3,(H,18,20). The van der Waals surface area contributed by atoms with E-state index in [2.05, 4.69) is 15.7 Å². The van der Waals surface area contributed by atoms with Gasteiger partial charge in [-0.3, -0.25) is 9.59 Å². The van der Waals surface area contributed by atoms with Crippen LogP contribution in [0.4, 0.5) is 5.69 Å². The van der Waals surface area contributed by atoms with E-state index < -0.39 is 0 Å². The van der Waals surface area contributed by atoms with Crippen molar-refractivity contribution in [2.24, 2.45) is 5.92 Å². The van der Waals surface area contributed by atoms with Crippen molar-refractivity contribution in [2.45, 2.75) is 45.7 Å². The molecule has 0 radical (unpaired) electrons. The quantitative estimate of drug-likeness (QED) is 0.866. The number of amides is 1. The molecule has 1 fully saturated rings. The second-order valence-electron chi connectivity index (χ2n) is 6.45. The van der Waals surface area contributed by atoms with Gasteiger partial charge in [0.05, 0.1) is 17.8 Å². The first-order valence-electron chi connectivity index (χ1n) is 7.07. The largest absolute Gasteiger partial charge is 0.370 e. The number of hydrogen-bond donors (Lipinski definition) is 2. The molecule has 0 saturated heterocycles. The molecule has 0 bridgehead atoms. The average molecular weight is 313 g/mol. The lowest BCUT2D eigenvalue weighted by Crippen LogP contribution is -2.43. The van der Waals surface area contributed by atoms with Crippen molar-refractivity contribution in [3.8, 4) is 0 Å². The van der Waals surface area contributed by atoms with Gasteiger partial charge in [0.2, 0.25) is 5.91 Å². The van der Waals surface area contributed by atoms with E-state index in [1.807, 2.05) is 20.8 Å². The number of anilines is 1. The third-order valence-corrected chi connectivity index (χ3v) is 3.35. The maximum absolute atomic E-state index is 12.3. The van der Waals surface area contributed by atoms with Crippen molar-refractivity contribution in [2.75, 3.05) is 11.9 Å². The molecule has 1 saturated carbocycles. The Hall–Kier alpha value is -1.56. The van der Waals surface area contributed by atoms with Gasteiger partial charge in [0.25, 0.3) is 5.56 Å². The molecule has 7 heteroatoms. The van der Waals surface area contributed by atoms with E-state index in [1.165, 1.54) is 10.9 Å². The van der Waals surface area contributed by atoms with Gasteiger partial charge in [0.15, 0.2) is 0 Å². The summed E-state index contributed by atoms with van der Waals surface area (Å²) >= 11 is 6.00. The van der Waals surface area contributed by atoms with Crippen LogP contribution in [0.15, 0.2) is 11.0 Å². The predicted molar refractivity (Wildman–Crippen MR) is 82.6 cm³/mol. The zero-order chi connectivity index (χ0) is 15.6. The van der Waals surface area contributed by atoms with Gasteiger partial charge in [0.1, 0.15) is 5.69 Å². The topological polar surface area (TPSA) is 76.0 Å². The highest BCUT2D eigenvalue weighted by molar-refractivity contribution is 6.33. The highest BCUT2D eigenvalue weighted by Gasteiger charge is 2.23. The number of aromatic nitrogens is 2. The summed E-state index contributed by atoms with van der Waals surface area (Å²) < 4.78 is 1.41. The van der Waals surface area contributed by atoms with Gasteiger partial charge in [0, 0.05) is 12.1 Å². The van der Waals surface area contributed by atoms with Crippen LogP contribution in [0.3, 0.4) is 0 Å². The SMILES string of the molecule is CC(C)(C)NC(=O)CNc1c(Cl)cnn(CC2CC2)c1=O. The summed E-state index contributed by atoms with van der Waals surface area (Å²) in [5.41, 5.74) is -0.359. The van der Waals surface area contributed by atoms with E-state index in [0.717, 1.165) is 12.8 Å². The van der Waals surface area contributed by atoms with Crippen LogP contribution in [0.25, 0.3) is 0 Å². The molecule has 1 aliphatic rings. The number of nitrogens with zero attached hydrogens (tertiary/aromatic N) is 2. The van der Waals surface area contributed by atoms with E-state index in [-0.39, 0.29) is 34.3 Å². The third-order valence-electron chi connectivity index (χ3n) is 3.07. The minimum absolute atomic E-state index is 0.000325. The van der Waals surface area contributed by atoms with Crippen molar-refractivity contribution in [1.82, 2.24) is 15.1 Å². The van der Waals surface area contributed by atoms with Crippen LogP contribution in [-0.4, -0.2) is 27.8 Å². The van der Waals surface area contributed by atoms with Crippen molar-refractivity contribution in [3.05, 3.63) is 21.6 Å². The summed E-state index contributed by atoms with van der Waals surface area (Å²) in [5.74, 6) is 0.344. The van der Waals surface area contributed by atoms with Gasteiger partial charge in [-0.15, -0.1) is 0 Å². The number of carbonyl (C=O) groups excluding carboxylic acids is 1. The molecule has 0 aliphatic heterocycles. The Kier molecular flexibility index (Phi) is 4.56. The number of hydrogen-bond acceptors (Lipinski definition) is 4. The normalized spacial score (nSPS) is 14.9. The molecule has 6 nitrogen and oxygen atoms in total. The van der Waals surface area contributed by atoms with E-state index in [1.54, 1.807) is 0 Å². The Balaban J connectivity index is 2.05. The van der Waals surface area contributed by atoms with Crippen molar-refractivity contribution in [1.29, 1.82) is 0 Å². The van der Waals surface area contributed by atoms with Crippen LogP contribution in [0.5, 0.6) is 0 Å². The molecule has 0 unspecified atom stereocenters. The van der Waals surface area contributed by atoms with Crippen LogP contribution in [-0.2, 0) is 11.3 Å². The van der Waals surface area contributed by atoms with Crippen molar-refractivity contribution in [3.63, 3.8) is 0 Å². The maximum Gasteiger partial charge on any atom is 0.291 e. The number of rotatable bonds is 5. The molecular weight excluding hydrogens is 292 g/mol. The van der Waals surface area contributed by atoms with E-state index in [9.17, 15) is 9.59 Å². The van der Waals surface area contributed by atoms with Crippen LogP contribution in [0, 0.1) is 5.92 Å². The molecule has 1 aromatic heterocycles. The fourth-order valence-electron chi connectivity index (χ4n) is 1.93. The Bertz CT molecular complexity index is 588. The van der Waals surface area contributed by atoms with E-state index in [4.69, 9.17) is 11.6 Å². The van der Waals surface area contributed by atoms with Crippen LogP contribution in [0.2, 0.25) is 5.02 Å². The van der Waals surface area contributed by atoms with Gasteiger partial charge in [-0.05, 0) is 39.5 Å². The first kappa shape index (κ1) is 15.8. The van der Waals surface area contributed by atoms with Gasteiger partial charge in [-0.25, -0.2) is 4.68 Å². The lowest BCUT2D eigenvalue weighted by Gasteiger charge is -2.20. The molecule has 2 rings (SSSR count). The minimum Gasteiger partial charge on any atom is -0.370 e. The summed E-state index contributed by atoms with van der Waals surface area (Å²) in [4.78, 5) is 24.1. The van der Waals surface area contributed by atoms with E-state index in [0.29, 0.717) is 12.5 Å². The third kappa shape index (κ3) is 4.74. The molecular formula is C14H21ClN4O2. The highest BCUT2D eigenvalue weighted by atomic mass is 35.5. The monoisotopic (exact) mass is 312 g/mol. The molecule has 116 valence electrons. The van der Waals surface area contributed by atoms with Crippen LogP contribution in [0.1, 0.15) is 33.6 Å². The van der Waals surface area contributed by atoms with Gasteiger partial charge >= 0.3 is 0 Å². The molecule has 1 amide bonds. The molecule has 21 heavy (non-hydrogen) atoms. The highest BCUT2D eigenvalue weighted by Crippen LogP contribution is 2.30. The molecule has 1 aromatic rings. The Labute approximate surface area is 128 Å². The van der Waals surface area contributed by atoms with Gasteiger partial charge < -0.3 is 10.6 Å². The Morgan fingerprint density at radius 2 is 2.14 bits per heavy atom. The number of nitrogens with one attached hydrogen (secondary N) is 2. The molecule has 0 spiro atoms. The molecule has 0 aromatic carbocycles. The van der Waals surface area contributed by atoms with Gasteiger partial charge in [-0.2, -0.15) is 5.10 Å². The number of carbonyl (C=O) groups is 1. The number of halogens is 1. The lowest BCUT2D eigenvalue weighted by atomic mass is 10.1. The van der Waals surface area contributed by atoms with Crippen LogP contribution >= 0.6 is 11.6 Å². The Morgan fingerprint density at radius 3 is 2.71 bits per heavy atom. The average Bonchev–Trinajstić information content (AvgIpc) is 3.14. The fourth-order valence-corrected chi connectivity index (χ4v) is 2.13. The second kappa shape index (κ2) is 6.05. The summed E-state index contributed by atoms with van der Waals surface area (Å²) in [7, 11) is 0. The Morgan fingerprint density at radius 1 is 1.48 bits per heavy atom. The van der Waals surface area contributed by atoms with Gasteiger partial charge in [-0.1, -0.05) is 11.6 Å². The molecule has 2 N–H and O–H groups in total. The summed E-state index contributed by atoms with van der Waals surface area (Å²) in [6.07, 6.45) is 3.70. The zero-order valence-electron chi connectivity index (χ0n) is 12.6. The first-order chi connectivity index (χ1) is 9.76. The van der Waals surface area contributed by atoms with Crippen molar-refractivity contribution >= 4 is 23.2 Å². The molecule has 1 heterocycles. The fraction of sp³-hybridized carbons (Fsp3) is 0.643. The summed E-state index contributed by atoms with van der Waals surface area (Å²) in [6, 6.07) is 0. The molecule has 0 atom stereocenters. The first-order valence-corrected chi connectivity index (χ1v) is 7.44.